The number of aryl methyl sites for hydroxylation is 1. The molecular weight excluding hydrogens is 277 g/mol. The number of rotatable bonds is 6. The molecule has 0 saturated carbocycles. The Hall–Kier alpha value is -1.34. The lowest BCUT2D eigenvalue weighted by molar-refractivity contribution is -0.174. The van der Waals surface area contributed by atoms with Crippen molar-refractivity contribution >= 4 is 11.3 Å². The van der Waals surface area contributed by atoms with Gasteiger partial charge in [-0.2, -0.15) is 13.2 Å². The summed E-state index contributed by atoms with van der Waals surface area (Å²) >= 11 is 1.58. The number of imidazole rings is 1. The second-order valence-electron chi connectivity index (χ2n) is 3.94. The third kappa shape index (κ3) is 4.36. The molecule has 0 atom stereocenters. The molecule has 0 N–H and O–H groups in total. The first-order valence-electron chi connectivity index (χ1n) is 5.76. The van der Waals surface area contributed by atoms with Crippen molar-refractivity contribution in [3.8, 4) is 10.7 Å². The van der Waals surface area contributed by atoms with E-state index in [1.54, 1.807) is 17.5 Å². The van der Waals surface area contributed by atoms with Gasteiger partial charge >= 0.3 is 6.18 Å². The molecule has 19 heavy (non-hydrogen) atoms. The van der Waals surface area contributed by atoms with Crippen LogP contribution in [0, 0.1) is 0 Å². The molecule has 2 rings (SSSR count). The number of hydrogen-bond acceptors (Lipinski definition) is 3. The Morgan fingerprint density at radius 2 is 2.21 bits per heavy atom. The highest BCUT2D eigenvalue weighted by Gasteiger charge is 2.27. The summed E-state index contributed by atoms with van der Waals surface area (Å²) in [6.07, 6.45) is -0.230. The fourth-order valence-electron chi connectivity index (χ4n) is 1.65. The van der Waals surface area contributed by atoms with E-state index in [1.807, 2.05) is 28.3 Å². The lowest BCUT2D eigenvalue weighted by atomic mass is 10.4. The van der Waals surface area contributed by atoms with Gasteiger partial charge < -0.3 is 9.30 Å². The van der Waals surface area contributed by atoms with E-state index in [0.29, 0.717) is 13.0 Å². The number of hydrogen-bond donors (Lipinski definition) is 0. The van der Waals surface area contributed by atoms with Crippen LogP contribution in [0.2, 0.25) is 0 Å². The molecule has 2 aromatic heterocycles. The van der Waals surface area contributed by atoms with Gasteiger partial charge in [0, 0.05) is 25.5 Å². The van der Waals surface area contributed by atoms with E-state index < -0.39 is 12.8 Å². The Labute approximate surface area is 112 Å². The van der Waals surface area contributed by atoms with Crippen LogP contribution in [0.5, 0.6) is 0 Å². The summed E-state index contributed by atoms with van der Waals surface area (Å²) in [7, 11) is 0. The predicted octanol–water partition coefficient (Wildman–Crippen LogP) is 3.58. The standard InChI is InChI=1S/C12H13F3N2OS/c13-12(14,15)9-18-7-2-5-17-6-4-16-11(17)10-3-1-8-19-10/h1,3-4,6,8H,2,5,7,9H2. The van der Waals surface area contributed by atoms with Crippen molar-refractivity contribution in [2.75, 3.05) is 13.2 Å². The molecule has 0 aliphatic heterocycles. The maximum absolute atomic E-state index is 11.9. The summed E-state index contributed by atoms with van der Waals surface area (Å²) in [4.78, 5) is 5.29. The van der Waals surface area contributed by atoms with Gasteiger partial charge in [-0.05, 0) is 17.9 Å². The zero-order valence-corrected chi connectivity index (χ0v) is 10.9. The molecule has 0 amide bonds. The predicted molar refractivity (Wildman–Crippen MR) is 67.0 cm³/mol. The van der Waals surface area contributed by atoms with Crippen molar-refractivity contribution in [3.63, 3.8) is 0 Å². The number of halogens is 3. The minimum absolute atomic E-state index is 0.0849. The fraction of sp³-hybridized carbons (Fsp3) is 0.417. The first-order chi connectivity index (χ1) is 9.06. The zero-order valence-electron chi connectivity index (χ0n) is 10.1. The minimum atomic E-state index is -4.25. The molecule has 0 radical (unpaired) electrons. The second kappa shape index (κ2) is 6.21. The van der Waals surface area contributed by atoms with Crippen LogP contribution in [0.3, 0.4) is 0 Å². The van der Waals surface area contributed by atoms with Crippen LogP contribution in [-0.2, 0) is 11.3 Å². The summed E-state index contributed by atoms with van der Waals surface area (Å²) in [6.45, 7) is -0.513. The van der Waals surface area contributed by atoms with Crippen molar-refractivity contribution in [2.24, 2.45) is 0 Å². The Morgan fingerprint density at radius 1 is 1.37 bits per heavy atom. The van der Waals surface area contributed by atoms with E-state index in [1.165, 1.54) is 0 Å². The maximum atomic E-state index is 11.9. The van der Waals surface area contributed by atoms with Crippen molar-refractivity contribution in [1.29, 1.82) is 0 Å². The molecule has 0 bridgehead atoms. The van der Waals surface area contributed by atoms with Crippen LogP contribution in [0.25, 0.3) is 10.7 Å². The second-order valence-corrected chi connectivity index (χ2v) is 4.89. The number of thiophene rings is 1. The first-order valence-corrected chi connectivity index (χ1v) is 6.64. The molecule has 0 saturated heterocycles. The van der Waals surface area contributed by atoms with E-state index >= 15 is 0 Å². The summed E-state index contributed by atoms with van der Waals surface area (Å²) in [6, 6.07) is 3.90. The Kier molecular flexibility index (Phi) is 4.60. The van der Waals surface area contributed by atoms with E-state index in [0.717, 1.165) is 10.7 Å². The van der Waals surface area contributed by atoms with Gasteiger partial charge in [-0.1, -0.05) is 6.07 Å². The molecule has 7 heteroatoms. The average Bonchev–Trinajstić information content (AvgIpc) is 2.96. The van der Waals surface area contributed by atoms with E-state index in [4.69, 9.17) is 0 Å². The molecule has 2 aromatic rings. The smallest absolute Gasteiger partial charge is 0.372 e. The normalized spacial score (nSPS) is 11.9. The third-order valence-electron chi connectivity index (χ3n) is 2.41. The van der Waals surface area contributed by atoms with Crippen LogP contribution in [-0.4, -0.2) is 28.9 Å². The lowest BCUT2D eigenvalue weighted by Crippen LogP contribution is -2.17. The van der Waals surface area contributed by atoms with Gasteiger partial charge in [-0.15, -0.1) is 11.3 Å². The van der Waals surface area contributed by atoms with Gasteiger partial charge in [-0.3, -0.25) is 0 Å². The lowest BCUT2D eigenvalue weighted by Gasteiger charge is -2.09. The summed E-state index contributed by atoms with van der Waals surface area (Å²) in [5.74, 6) is 0.839. The average molecular weight is 290 g/mol. The third-order valence-corrected chi connectivity index (χ3v) is 3.28. The minimum Gasteiger partial charge on any atom is -0.372 e. The number of alkyl halides is 3. The molecule has 0 fully saturated rings. The maximum Gasteiger partial charge on any atom is 0.411 e. The van der Waals surface area contributed by atoms with E-state index in [2.05, 4.69) is 9.72 Å². The van der Waals surface area contributed by atoms with Gasteiger partial charge in [0.25, 0.3) is 0 Å². The monoisotopic (exact) mass is 290 g/mol. The first kappa shape index (κ1) is 14.1. The van der Waals surface area contributed by atoms with E-state index in [9.17, 15) is 13.2 Å². The summed E-state index contributed by atoms with van der Waals surface area (Å²) < 4.78 is 42.1. The Bertz CT molecular complexity index is 493. The van der Waals surface area contributed by atoms with Crippen LogP contribution < -0.4 is 0 Å². The van der Waals surface area contributed by atoms with Crippen LogP contribution in [0.15, 0.2) is 29.9 Å². The molecule has 0 aliphatic carbocycles. The number of nitrogens with zero attached hydrogens (tertiary/aromatic N) is 2. The van der Waals surface area contributed by atoms with Gasteiger partial charge in [-0.25, -0.2) is 4.98 Å². The number of ether oxygens (including phenoxy) is 1. The van der Waals surface area contributed by atoms with Crippen molar-refractivity contribution in [2.45, 2.75) is 19.1 Å². The highest BCUT2D eigenvalue weighted by Crippen LogP contribution is 2.23. The molecule has 0 unspecified atom stereocenters. The van der Waals surface area contributed by atoms with Gasteiger partial charge in [0.15, 0.2) is 0 Å². The van der Waals surface area contributed by atoms with E-state index in [-0.39, 0.29) is 6.61 Å². The highest BCUT2D eigenvalue weighted by molar-refractivity contribution is 7.13. The molecule has 0 aromatic carbocycles. The molecule has 3 nitrogen and oxygen atoms in total. The van der Waals surface area contributed by atoms with Gasteiger partial charge in [0.2, 0.25) is 0 Å². The number of aromatic nitrogens is 2. The van der Waals surface area contributed by atoms with Gasteiger partial charge in [0.1, 0.15) is 12.4 Å². The van der Waals surface area contributed by atoms with Crippen LogP contribution in [0.4, 0.5) is 13.2 Å². The SMILES string of the molecule is FC(F)(F)COCCCn1ccnc1-c1cccs1. The fourth-order valence-corrected chi connectivity index (χ4v) is 2.38. The quantitative estimate of drug-likeness (QED) is 0.760. The van der Waals surface area contributed by atoms with Crippen LogP contribution >= 0.6 is 11.3 Å². The topological polar surface area (TPSA) is 27.1 Å². The van der Waals surface area contributed by atoms with Crippen molar-refractivity contribution in [1.82, 2.24) is 9.55 Å². The Morgan fingerprint density at radius 3 is 2.89 bits per heavy atom. The molecular formula is C12H13F3N2OS. The Balaban J connectivity index is 1.80. The zero-order chi connectivity index (χ0) is 13.7. The highest BCUT2D eigenvalue weighted by atomic mass is 32.1. The molecule has 104 valence electrons. The molecule has 0 spiro atoms. The summed E-state index contributed by atoms with van der Waals surface area (Å²) in [5.41, 5.74) is 0. The largest absolute Gasteiger partial charge is 0.411 e. The van der Waals surface area contributed by atoms with Gasteiger partial charge in [0.05, 0.1) is 4.88 Å². The van der Waals surface area contributed by atoms with Crippen molar-refractivity contribution < 1.29 is 17.9 Å². The van der Waals surface area contributed by atoms with Crippen molar-refractivity contribution in [3.05, 3.63) is 29.9 Å². The molecule has 2 heterocycles. The van der Waals surface area contributed by atoms with Crippen LogP contribution in [0.1, 0.15) is 6.42 Å². The summed E-state index contributed by atoms with van der Waals surface area (Å²) in [5, 5.41) is 1.96. The molecule has 0 aliphatic rings.